The van der Waals surface area contributed by atoms with E-state index in [1.54, 1.807) is 0 Å². The van der Waals surface area contributed by atoms with Gasteiger partial charge < -0.3 is 5.32 Å². The normalized spacial score (nSPS) is 23.0. The van der Waals surface area contributed by atoms with Crippen molar-refractivity contribution in [3.8, 4) is 0 Å². The summed E-state index contributed by atoms with van der Waals surface area (Å²) < 4.78 is 52.5. The number of hydrogen-bond acceptors (Lipinski definition) is 3. The van der Waals surface area contributed by atoms with Crippen LogP contribution in [0.2, 0.25) is 0 Å². The monoisotopic (exact) mass is 381 g/mol. The van der Waals surface area contributed by atoms with Crippen molar-refractivity contribution < 1.29 is 17.2 Å². The molecule has 0 spiro atoms. The van der Waals surface area contributed by atoms with Crippen LogP contribution in [0, 0.1) is 11.6 Å². The number of nitrogens with one attached hydrogen (secondary N) is 1. The standard InChI is InChI=1S/C14H18BrF2NO2S/c1-2-18-14(13-5-3-4-6-21(13,19)20)9-7-12(17)10(15)8-11(9)16/h7-8,13-14,18H,2-6H2,1H3. The molecule has 3 nitrogen and oxygen atoms in total. The third-order valence-electron chi connectivity index (χ3n) is 3.80. The minimum absolute atomic E-state index is 0.0329. The second-order valence-corrected chi connectivity index (χ2v) is 8.42. The van der Waals surface area contributed by atoms with Crippen LogP contribution in [0.1, 0.15) is 37.8 Å². The molecule has 118 valence electrons. The molecule has 1 N–H and O–H groups in total. The van der Waals surface area contributed by atoms with Gasteiger partial charge in [-0.15, -0.1) is 0 Å². The van der Waals surface area contributed by atoms with Gasteiger partial charge >= 0.3 is 0 Å². The fourth-order valence-electron chi connectivity index (χ4n) is 2.79. The molecule has 21 heavy (non-hydrogen) atoms. The van der Waals surface area contributed by atoms with Gasteiger partial charge in [-0.1, -0.05) is 13.3 Å². The third-order valence-corrected chi connectivity index (χ3v) is 6.70. The summed E-state index contributed by atoms with van der Waals surface area (Å²) in [7, 11) is -3.30. The molecule has 7 heteroatoms. The molecular formula is C14H18BrF2NO2S. The van der Waals surface area contributed by atoms with Crippen LogP contribution in [0.4, 0.5) is 8.78 Å². The minimum Gasteiger partial charge on any atom is -0.309 e. The summed E-state index contributed by atoms with van der Waals surface area (Å²) in [6.07, 6.45) is 1.89. The van der Waals surface area contributed by atoms with E-state index in [1.807, 2.05) is 6.92 Å². The van der Waals surface area contributed by atoms with Crippen molar-refractivity contribution in [2.24, 2.45) is 0 Å². The zero-order valence-electron chi connectivity index (χ0n) is 11.7. The van der Waals surface area contributed by atoms with Crippen molar-refractivity contribution in [1.82, 2.24) is 5.32 Å². The molecule has 0 bridgehead atoms. The first-order valence-electron chi connectivity index (χ1n) is 6.96. The molecule has 2 atom stereocenters. The Morgan fingerprint density at radius 1 is 1.33 bits per heavy atom. The Hall–Kier alpha value is -0.530. The molecule has 1 saturated heterocycles. The second-order valence-electron chi connectivity index (χ2n) is 5.22. The van der Waals surface area contributed by atoms with Gasteiger partial charge in [0.1, 0.15) is 11.6 Å². The average molecular weight is 382 g/mol. The molecule has 0 aromatic heterocycles. The second kappa shape index (κ2) is 6.71. The maximum absolute atomic E-state index is 14.2. The van der Waals surface area contributed by atoms with Crippen LogP contribution >= 0.6 is 15.9 Å². The molecule has 0 saturated carbocycles. The summed E-state index contributed by atoms with van der Waals surface area (Å²) in [5.74, 6) is -1.09. The SMILES string of the molecule is CCNC(c1cc(F)c(Br)cc1F)C1CCCCS1(=O)=O. The van der Waals surface area contributed by atoms with Gasteiger partial charge in [-0.05, 0) is 47.4 Å². The minimum atomic E-state index is -3.30. The first-order valence-corrected chi connectivity index (χ1v) is 9.47. The molecule has 0 amide bonds. The highest BCUT2D eigenvalue weighted by atomic mass is 79.9. The van der Waals surface area contributed by atoms with Crippen molar-refractivity contribution in [3.63, 3.8) is 0 Å². The predicted octanol–water partition coefficient (Wildman–Crippen LogP) is 3.35. The van der Waals surface area contributed by atoms with Crippen molar-refractivity contribution in [2.75, 3.05) is 12.3 Å². The Balaban J connectivity index is 2.46. The van der Waals surface area contributed by atoms with E-state index in [0.29, 0.717) is 19.4 Å². The largest absolute Gasteiger partial charge is 0.309 e. The van der Waals surface area contributed by atoms with Crippen molar-refractivity contribution in [3.05, 3.63) is 33.8 Å². The molecule has 0 radical (unpaired) electrons. The van der Waals surface area contributed by atoms with Gasteiger partial charge in [-0.3, -0.25) is 0 Å². The average Bonchev–Trinajstić information content (AvgIpc) is 2.41. The van der Waals surface area contributed by atoms with Crippen LogP contribution in [-0.4, -0.2) is 26.0 Å². The summed E-state index contributed by atoms with van der Waals surface area (Å²) in [6, 6.07) is 1.41. The summed E-state index contributed by atoms with van der Waals surface area (Å²) in [5, 5.41) is 2.30. The lowest BCUT2D eigenvalue weighted by atomic mass is 9.98. The van der Waals surface area contributed by atoms with Crippen LogP contribution in [0.3, 0.4) is 0 Å². The molecule has 1 aromatic carbocycles. The highest BCUT2D eigenvalue weighted by Gasteiger charge is 2.37. The van der Waals surface area contributed by atoms with Crippen LogP contribution < -0.4 is 5.32 Å². The smallest absolute Gasteiger partial charge is 0.155 e. The summed E-state index contributed by atoms with van der Waals surface area (Å²) in [4.78, 5) is 0. The van der Waals surface area contributed by atoms with E-state index >= 15 is 0 Å². The highest BCUT2D eigenvalue weighted by molar-refractivity contribution is 9.10. The Morgan fingerprint density at radius 2 is 2.05 bits per heavy atom. The van der Waals surface area contributed by atoms with Gasteiger partial charge in [0.15, 0.2) is 9.84 Å². The lowest BCUT2D eigenvalue weighted by Crippen LogP contribution is -2.41. The maximum atomic E-state index is 14.2. The molecular weight excluding hydrogens is 364 g/mol. The maximum Gasteiger partial charge on any atom is 0.155 e. The zero-order valence-corrected chi connectivity index (χ0v) is 14.1. The van der Waals surface area contributed by atoms with Crippen molar-refractivity contribution in [1.29, 1.82) is 0 Å². The number of sulfone groups is 1. The van der Waals surface area contributed by atoms with E-state index in [4.69, 9.17) is 0 Å². The van der Waals surface area contributed by atoms with Crippen molar-refractivity contribution >= 4 is 25.8 Å². The van der Waals surface area contributed by atoms with Gasteiger partial charge in [0.05, 0.1) is 21.5 Å². The van der Waals surface area contributed by atoms with Crippen LogP contribution in [-0.2, 0) is 9.84 Å². The van der Waals surface area contributed by atoms with Gasteiger partial charge in [0.2, 0.25) is 0 Å². The molecule has 0 aliphatic carbocycles. The Morgan fingerprint density at radius 3 is 2.67 bits per heavy atom. The summed E-state index contributed by atoms with van der Waals surface area (Å²) in [5.41, 5.74) is 0.0769. The van der Waals surface area contributed by atoms with E-state index in [0.717, 1.165) is 18.6 Å². The van der Waals surface area contributed by atoms with Crippen LogP contribution in [0.5, 0.6) is 0 Å². The van der Waals surface area contributed by atoms with Crippen LogP contribution in [0.15, 0.2) is 16.6 Å². The number of rotatable bonds is 4. The number of benzene rings is 1. The van der Waals surface area contributed by atoms with Gasteiger partial charge in [0, 0.05) is 5.56 Å². The predicted molar refractivity (Wildman–Crippen MR) is 81.9 cm³/mol. The first-order chi connectivity index (χ1) is 9.86. The van der Waals surface area contributed by atoms with Gasteiger partial charge in [-0.25, -0.2) is 17.2 Å². The highest BCUT2D eigenvalue weighted by Crippen LogP contribution is 2.33. The van der Waals surface area contributed by atoms with E-state index in [9.17, 15) is 17.2 Å². The quantitative estimate of drug-likeness (QED) is 0.813. The first kappa shape index (κ1) is 16.8. The van der Waals surface area contributed by atoms with E-state index in [2.05, 4.69) is 21.2 Å². The topological polar surface area (TPSA) is 46.2 Å². The van der Waals surface area contributed by atoms with Crippen LogP contribution in [0.25, 0.3) is 0 Å². The fraction of sp³-hybridized carbons (Fsp3) is 0.571. The van der Waals surface area contributed by atoms with E-state index < -0.39 is 32.8 Å². The lowest BCUT2D eigenvalue weighted by Gasteiger charge is -2.31. The van der Waals surface area contributed by atoms with E-state index in [1.165, 1.54) is 0 Å². The molecule has 1 aliphatic rings. The molecule has 1 fully saturated rings. The molecule has 1 heterocycles. The molecule has 1 aromatic rings. The molecule has 1 aliphatic heterocycles. The summed E-state index contributed by atoms with van der Waals surface area (Å²) >= 11 is 2.93. The lowest BCUT2D eigenvalue weighted by molar-refractivity contribution is 0.437. The third kappa shape index (κ3) is 3.63. The van der Waals surface area contributed by atoms with Gasteiger partial charge in [0.25, 0.3) is 0 Å². The Kier molecular flexibility index (Phi) is 5.38. The fourth-order valence-corrected chi connectivity index (χ4v) is 5.20. The Bertz CT molecular complexity index is 622. The molecule has 2 unspecified atom stereocenters. The molecule has 2 rings (SSSR count). The van der Waals surface area contributed by atoms with Gasteiger partial charge in [-0.2, -0.15) is 0 Å². The zero-order chi connectivity index (χ0) is 15.6. The number of hydrogen-bond donors (Lipinski definition) is 1. The Labute approximate surface area is 132 Å². The van der Waals surface area contributed by atoms with E-state index in [-0.39, 0.29) is 15.8 Å². The summed E-state index contributed by atoms with van der Waals surface area (Å²) in [6.45, 7) is 2.30. The number of halogens is 3. The van der Waals surface area contributed by atoms with Crippen molar-refractivity contribution in [2.45, 2.75) is 37.5 Å².